The molecule has 0 aromatic carbocycles. The molecule has 2 nitrogen and oxygen atoms in total. The van der Waals surface area contributed by atoms with E-state index in [1.807, 2.05) is 6.92 Å². The second-order valence-corrected chi connectivity index (χ2v) is 3.39. The van der Waals surface area contributed by atoms with Crippen molar-refractivity contribution >= 4 is 0 Å². The highest BCUT2D eigenvalue weighted by Gasteiger charge is 2.15. The fourth-order valence-corrected chi connectivity index (χ4v) is 1.90. The van der Waals surface area contributed by atoms with Crippen molar-refractivity contribution in [3.63, 3.8) is 0 Å². The summed E-state index contributed by atoms with van der Waals surface area (Å²) >= 11 is 0. The summed E-state index contributed by atoms with van der Waals surface area (Å²) in [6.07, 6.45) is 6.11. The van der Waals surface area contributed by atoms with Gasteiger partial charge in [-0.1, -0.05) is 0 Å². The van der Waals surface area contributed by atoms with Gasteiger partial charge in [-0.15, -0.1) is 0 Å². The lowest BCUT2D eigenvalue weighted by atomic mass is 9.91. The highest BCUT2D eigenvalue weighted by atomic mass is 16.3. The number of aromatic hydroxyl groups is 1. The molecule has 1 aromatic rings. The summed E-state index contributed by atoms with van der Waals surface area (Å²) in [6.45, 7) is 2.02. The predicted molar refractivity (Wildman–Crippen MR) is 47.3 cm³/mol. The summed E-state index contributed by atoms with van der Waals surface area (Å²) in [4.78, 5) is 4.14. The van der Waals surface area contributed by atoms with Gasteiger partial charge in [0.2, 0.25) is 0 Å². The van der Waals surface area contributed by atoms with Crippen molar-refractivity contribution in [2.45, 2.75) is 32.6 Å². The first-order valence-corrected chi connectivity index (χ1v) is 4.45. The molecule has 0 atom stereocenters. The first-order valence-electron chi connectivity index (χ1n) is 4.45. The van der Waals surface area contributed by atoms with Crippen molar-refractivity contribution in [2.75, 3.05) is 0 Å². The number of aryl methyl sites for hydroxylation is 1. The van der Waals surface area contributed by atoms with Crippen LogP contribution in [0.4, 0.5) is 0 Å². The molecule has 1 aliphatic rings. The third kappa shape index (κ3) is 1.07. The number of rotatable bonds is 0. The van der Waals surface area contributed by atoms with Gasteiger partial charge < -0.3 is 5.11 Å². The molecule has 0 bridgehead atoms. The Morgan fingerprint density at radius 3 is 2.58 bits per heavy atom. The molecule has 1 aromatic heterocycles. The van der Waals surface area contributed by atoms with Crippen molar-refractivity contribution in [2.24, 2.45) is 0 Å². The van der Waals surface area contributed by atoms with Crippen LogP contribution in [0.5, 0.6) is 5.75 Å². The Balaban J connectivity index is 2.57. The lowest BCUT2D eigenvalue weighted by Gasteiger charge is -2.17. The van der Waals surface area contributed by atoms with E-state index < -0.39 is 0 Å². The maximum atomic E-state index is 9.52. The minimum atomic E-state index is 0.385. The Morgan fingerprint density at radius 1 is 1.25 bits per heavy atom. The van der Waals surface area contributed by atoms with Crippen molar-refractivity contribution in [3.8, 4) is 5.75 Å². The first kappa shape index (κ1) is 7.59. The monoisotopic (exact) mass is 163 g/mol. The standard InChI is InChI=1S/C10H13NO/c1-7-8-4-2-3-5-9(8)10(12)6-11-7/h6,12H,2-5H2,1H3. The largest absolute Gasteiger partial charge is 0.506 e. The molecule has 0 fully saturated rings. The zero-order chi connectivity index (χ0) is 8.55. The Labute approximate surface area is 72.3 Å². The van der Waals surface area contributed by atoms with Crippen molar-refractivity contribution in [1.29, 1.82) is 0 Å². The molecule has 0 radical (unpaired) electrons. The Morgan fingerprint density at radius 2 is 1.92 bits per heavy atom. The van der Waals surface area contributed by atoms with Crippen molar-refractivity contribution in [1.82, 2.24) is 4.98 Å². The molecule has 0 spiro atoms. The Hall–Kier alpha value is -1.05. The van der Waals surface area contributed by atoms with Crippen LogP contribution in [-0.2, 0) is 12.8 Å². The highest BCUT2D eigenvalue weighted by Crippen LogP contribution is 2.29. The van der Waals surface area contributed by atoms with Crippen molar-refractivity contribution in [3.05, 3.63) is 23.0 Å². The highest BCUT2D eigenvalue weighted by molar-refractivity contribution is 5.41. The van der Waals surface area contributed by atoms with Crippen LogP contribution < -0.4 is 0 Å². The van der Waals surface area contributed by atoms with Gasteiger partial charge in [0.1, 0.15) is 5.75 Å². The maximum Gasteiger partial charge on any atom is 0.137 e. The summed E-state index contributed by atoms with van der Waals surface area (Å²) in [7, 11) is 0. The molecular weight excluding hydrogens is 150 g/mol. The van der Waals surface area contributed by atoms with E-state index in [0.29, 0.717) is 5.75 Å². The average Bonchev–Trinajstić information content (AvgIpc) is 2.12. The SMILES string of the molecule is Cc1ncc(O)c2c1CCCC2. The zero-order valence-corrected chi connectivity index (χ0v) is 7.30. The third-order valence-corrected chi connectivity index (χ3v) is 2.59. The van der Waals surface area contributed by atoms with Gasteiger partial charge in [-0.2, -0.15) is 0 Å². The molecule has 1 N–H and O–H groups in total. The van der Waals surface area contributed by atoms with Gasteiger partial charge in [-0.05, 0) is 38.2 Å². The fraction of sp³-hybridized carbons (Fsp3) is 0.500. The fourth-order valence-electron chi connectivity index (χ4n) is 1.90. The summed E-state index contributed by atoms with van der Waals surface area (Å²) in [5.41, 5.74) is 3.50. The smallest absolute Gasteiger partial charge is 0.137 e. The van der Waals surface area contributed by atoms with Crippen LogP contribution in [0.25, 0.3) is 0 Å². The maximum absolute atomic E-state index is 9.52. The van der Waals surface area contributed by atoms with E-state index in [-0.39, 0.29) is 0 Å². The molecule has 0 saturated heterocycles. The minimum Gasteiger partial charge on any atom is -0.506 e. The number of pyridine rings is 1. The molecule has 0 amide bonds. The van der Waals surface area contributed by atoms with Crippen LogP contribution in [0, 0.1) is 6.92 Å². The number of hydrogen-bond donors (Lipinski definition) is 1. The number of aromatic nitrogens is 1. The molecule has 12 heavy (non-hydrogen) atoms. The normalized spacial score (nSPS) is 15.8. The van der Waals surface area contributed by atoms with Crippen LogP contribution in [0.1, 0.15) is 29.7 Å². The van der Waals surface area contributed by atoms with Gasteiger partial charge in [0, 0.05) is 11.3 Å². The van der Waals surface area contributed by atoms with E-state index >= 15 is 0 Å². The lowest BCUT2D eigenvalue weighted by Crippen LogP contribution is -2.06. The van der Waals surface area contributed by atoms with Gasteiger partial charge in [-0.25, -0.2) is 0 Å². The van der Waals surface area contributed by atoms with Gasteiger partial charge in [0.25, 0.3) is 0 Å². The molecule has 0 saturated carbocycles. The number of fused-ring (bicyclic) bond motifs is 1. The topological polar surface area (TPSA) is 33.1 Å². The molecule has 2 heteroatoms. The summed E-state index contributed by atoms with van der Waals surface area (Å²) < 4.78 is 0. The van der Waals surface area contributed by atoms with E-state index in [0.717, 1.165) is 24.1 Å². The van der Waals surface area contributed by atoms with Gasteiger partial charge in [0.15, 0.2) is 0 Å². The van der Waals surface area contributed by atoms with Gasteiger partial charge >= 0.3 is 0 Å². The molecule has 1 heterocycles. The van der Waals surface area contributed by atoms with E-state index in [4.69, 9.17) is 0 Å². The van der Waals surface area contributed by atoms with E-state index in [2.05, 4.69) is 4.98 Å². The second-order valence-electron chi connectivity index (χ2n) is 3.39. The second kappa shape index (κ2) is 2.77. The molecule has 0 aliphatic heterocycles. The third-order valence-electron chi connectivity index (χ3n) is 2.59. The molecule has 0 unspecified atom stereocenters. The van der Waals surface area contributed by atoms with E-state index in [1.165, 1.54) is 18.4 Å². The van der Waals surface area contributed by atoms with E-state index in [1.54, 1.807) is 6.20 Å². The van der Waals surface area contributed by atoms with Crippen molar-refractivity contribution < 1.29 is 5.11 Å². The van der Waals surface area contributed by atoms with Crippen LogP contribution in [0.3, 0.4) is 0 Å². The summed E-state index contributed by atoms with van der Waals surface area (Å²) in [6, 6.07) is 0. The molecule has 2 rings (SSSR count). The van der Waals surface area contributed by atoms with Crippen LogP contribution in [0.2, 0.25) is 0 Å². The minimum absolute atomic E-state index is 0.385. The summed E-state index contributed by atoms with van der Waals surface area (Å²) in [5, 5.41) is 9.52. The molecular formula is C10H13NO. The number of hydrogen-bond acceptors (Lipinski definition) is 2. The van der Waals surface area contributed by atoms with Gasteiger partial charge in [0.05, 0.1) is 6.20 Å². The molecule has 64 valence electrons. The quantitative estimate of drug-likeness (QED) is 0.634. The number of nitrogens with zero attached hydrogens (tertiary/aromatic N) is 1. The first-order chi connectivity index (χ1) is 5.79. The lowest BCUT2D eigenvalue weighted by molar-refractivity contribution is 0.458. The Bertz CT molecular complexity index is 276. The molecule has 1 aliphatic carbocycles. The van der Waals surface area contributed by atoms with E-state index in [9.17, 15) is 5.11 Å². The van der Waals surface area contributed by atoms with Crippen LogP contribution in [0.15, 0.2) is 6.20 Å². The predicted octanol–water partition coefficient (Wildman–Crippen LogP) is 1.97. The van der Waals surface area contributed by atoms with Crippen LogP contribution >= 0.6 is 0 Å². The average molecular weight is 163 g/mol. The summed E-state index contributed by atoms with van der Waals surface area (Å²) in [5.74, 6) is 0.385. The zero-order valence-electron chi connectivity index (χ0n) is 7.30. The van der Waals surface area contributed by atoms with Crippen LogP contribution in [-0.4, -0.2) is 10.1 Å². The van der Waals surface area contributed by atoms with Gasteiger partial charge in [-0.3, -0.25) is 4.98 Å². The Kier molecular flexibility index (Phi) is 1.75.